The monoisotopic (exact) mass is 291 g/mol. The lowest BCUT2D eigenvalue weighted by atomic mass is 10.0. The van der Waals surface area contributed by atoms with Crippen molar-refractivity contribution in [2.24, 2.45) is 5.41 Å². The highest BCUT2D eigenvalue weighted by atomic mass is 16.5. The summed E-state index contributed by atoms with van der Waals surface area (Å²) < 4.78 is 5.66. The standard InChI is InChI=1S/C17H25NO3/c1-13-3-4-15(14(2)11-13)21-10-5-16(20)18-12-17(6-7-17)8-9-19/h3-4,11,19H,5-10,12H2,1-2H3,(H,18,20). The van der Waals surface area contributed by atoms with Gasteiger partial charge in [0.2, 0.25) is 5.91 Å². The number of aliphatic hydroxyl groups excluding tert-OH is 1. The third-order valence-electron chi connectivity index (χ3n) is 4.18. The fourth-order valence-corrected chi connectivity index (χ4v) is 2.52. The highest BCUT2D eigenvalue weighted by molar-refractivity contribution is 5.76. The van der Waals surface area contributed by atoms with Crippen LogP contribution >= 0.6 is 0 Å². The Bertz CT molecular complexity index is 495. The summed E-state index contributed by atoms with van der Waals surface area (Å²) >= 11 is 0. The molecule has 21 heavy (non-hydrogen) atoms. The van der Waals surface area contributed by atoms with Crippen LogP contribution in [-0.4, -0.2) is 30.8 Å². The van der Waals surface area contributed by atoms with Gasteiger partial charge >= 0.3 is 0 Å². The molecule has 1 aliphatic carbocycles. The van der Waals surface area contributed by atoms with Crippen LogP contribution in [0.2, 0.25) is 0 Å². The van der Waals surface area contributed by atoms with E-state index in [0.717, 1.165) is 30.6 Å². The predicted octanol–water partition coefficient (Wildman–Crippen LogP) is 2.35. The number of aryl methyl sites for hydroxylation is 2. The maximum Gasteiger partial charge on any atom is 0.223 e. The molecule has 0 aliphatic heterocycles. The molecule has 0 radical (unpaired) electrons. The van der Waals surface area contributed by atoms with Crippen LogP contribution in [-0.2, 0) is 4.79 Å². The largest absolute Gasteiger partial charge is 0.493 e. The molecule has 0 spiro atoms. The summed E-state index contributed by atoms with van der Waals surface area (Å²) in [6, 6.07) is 6.03. The molecule has 1 aromatic carbocycles. The van der Waals surface area contributed by atoms with Gasteiger partial charge in [-0.3, -0.25) is 4.79 Å². The van der Waals surface area contributed by atoms with Crippen molar-refractivity contribution in [3.8, 4) is 5.75 Å². The summed E-state index contributed by atoms with van der Waals surface area (Å²) in [5, 5.41) is 11.9. The minimum absolute atomic E-state index is 0.0176. The second kappa shape index (κ2) is 6.94. The maximum absolute atomic E-state index is 11.8. The summed E-state index contributed by atoms with van der Waals surface area (Å²) in [7, 11) is 0. The van der Waals surface area contributed by atoms with Crippen molar-refractivity contribution in [2.75, 3.05) is 19.8 Å². The van der Waals surface area contributed by atoms with Crippen LogP contribution in [0.5, 0.6) is 5.75 Å². The molecule has 0 atom stereocenters. The van der Waals surface area contributed by atoms with E-state index in [1.54, 1.807) is 0 Å². The van der Waals surface area contributed by atoms with E-state index in [0.29, 0.717) is 19.6 Å². The minimum Gasteiger partial charge on any atom is -0.493 e. The molecule has 0 aromatic heterocycles. The van der Waals surface area contributed by atoms with Crippen molar-refractivity contribution in [1.82, 2.24) is 5.32 Å². The van der Waals surface area contributed by atoms with Crippen LogP contribution in [0.1, 0.15) is 36.8 Å². The third kappa shape index (κ3) is 4.74. The van der Waals surface area contributed by atoms with Crippen LogP contribution < -0.4 is 10.1 Å². The highest BCUT2D eigenvalue weighted by Crippen LogP contribution is 2.47. The first-order valence-corrected chi connectivity index (χ1v) is 7.62. The molecule has 1 aromatic rings. The summed E-state index contributed by atoms with van der Waals surface area (Å²) in [5.74, 6) is 0.858. The Balaban J connectivity index is 1.67. The molecule has 0 unspecified atom stereocenters. The zero-order valence-electron chi connectivity index (χ0n) is 12.9. The number of carbonyl (C=O) groups excluding carboxylic acids is 1. The number of ether oxygens (including phenoxy) is 1. The quantitative estimate of drug-likeness (QED) is 0.773. The summed E-state index contributed by atoms with van der Waals surface area (Å²) in [4.78, 5) is 11.8. The van der Waals surface area contributed by atoms with E-state index in [1.165, 1.54) is 5.56 Å². The zero-order chi connectivity index (χ0) is 15.3. The number of benzene rings is 1. The zero-order valence-corrected chi connectivity index (χ0v) is 12.9. The van der Waals surface area contributed by atoms with Crippen LogP contribution in [0.25, 0.3) is 0 Å². The first-order valence-electron chi connectivity index (χ1n) is 7.62. The van der Waals surface area contributed by atoms with Gasteiger partial charge in [0, 0.05) is 13.2 Å². The molecule has 1 saturated carbocycles. The van der Waals surface area contributed by atoms with E-state index in [4.69, 9.17) is 9.84 Å². The van der Waals surface area contributed by atoms with Gasteiger partial charge in [0.15, 0.2) is 0 Å². The van der Waals surface area contributed by atoms with Crippen molar-refractivity contribution in [3.05, 3.63) is 29.3 Å². The number of amides is 1. The van der Waals surface area contributed by atoms with Crippen molar-refractivity contribution in [1.29, 1.82) is 0 Å². The minimum atomic E-state index is 0.0176. The van der Waals surface area contributed by atoms with E-state index in [9.17, 15) is 4.79 Å². The number of rotatable bonds is 8. The number of hydrogen-bond donors (Lipinski definition) is 2. The average Bonchev–Trinajstić information content (AvgIpc) is 3.20. The molecule has 1 amide bonds. The Morgan fingerprint density at radius 2 is 2.14 bits per heavy atom. The first kappa shape index (κ1) is 15.8. The van der Waals surface area contributed by atoms with Gasteiger partial charge in [-0.1, -0.05) is 17.7 Å². The number of nitrogens with one attached hydrogen (secondary N) is 1. The molecule has 0 heterocycles. The Morgan fingerprint density at radius 1 is 1.38 bits per heavy atom. The molecule has 116 valence electrons. The number of carbonyl (C=O) groups is 1. The summed E-state index contributed by atoms with van der Waals surface area (Å²) in [5.41, 5.74) is 2.46. The Kier molecular flexibility index (Phi) is 5.23. The Labute approximate surface area is 126 Å². The van der Waals surface area contributed by atoms with Crippen molar-refractivity contribution < 1.29 is 14.6 Å². The Morgan fingerprint density at radius 3 is 2.76 bits per heavy atom. The Hall–Kier alpha value is -1.55. The van der Waals surface area contributed by atoms with Gasteiger partial charge in [-0.05, 0) is 50.2 Å². The van der Waals surface area contributed by atoms with Gasteiger partial charge in [0.25, 0.3) is 0 Å². The highest BCUT2D eigenvalue weighted by Gasteiger charge is 2.41. The lowest BCUT2D eigenvalue weighted by Gasteiger charge is -2.15. The predicted molar refractivity (Wildman–Crippen MR) is 82.4 cm³/mol. The smallest absolute Gasteiger partial charge is 0.223 e. The SMILES string of the molecule is Cc1ccc(OCCC(=O)NCC2(CCO)CC2)c(C)c1. The van der Waals surface area contributed by atoms with Gasteiger partial charge in [-0.15, -0.1) is 0 Å². The van der Waals surface area contributed by atoms with E-state index in [2.05, 4.69) is 11.4 Å². The maximum atomic E-state index is 11.8. The molecular formula is C17H25NO3. The van der Waals surface area contributed by atoms with Crippen molar-refractivity contribution in [2.45, 2.75) is 39.5 Å². The third-order valence-corrected chi connectivity index (χ3v) is 4.18. The van der Waals surface area contributed by atoms with Crippen molar-refractivity contribution >= 4 is 5.91 Å². The second-order valence-electron chi connectivity index (χ2n) is 6.12. The number of aliphatic hydroxyl groups is 1. The second-order valence-corrected chi connectivity index (χ2v) is 6.12. The van der Waals surface area contributed by atoms with Crippen LogP contribution in [0.4, 0.5) is 0 Å². The average molecular weight is 291 g/mol. The molecule has 2 N–H and O–H groups in total. The molecule has 0 saturated heterocycles. The van der Waals surface area contributed by atoms with Gasteiger partial charge in [0.05, 0.1) is 13.0 Å². The van der Waals surface area contributed by atoms with Gasteiger partial charge in [-0.2, -0.15) is 0 Å². The summed E-state index contributed by atoms with van der Waals surface area (Å²) in [6.45, 7) is 5.32. The lowest BCUT2D eigenvalue weighted by molar-refractivity contribution is -0.121. The number of hydrogen-bond acceptors (Lipinski definition) is 3. The molecule has 2 rings (SSSR count). The van der Waals surface area contributed by atoms with Crippen LogP contribution in [0.3, 0.4) is 0 Å². The van der Waals surface area contributed by atoms with E-state index in [-0.39, 0.29) is 17.9 Å². The topological polar surface area (TPSA) is 58.6 Å². The molecule has 1 fully saturated rings. The van der Waals surface area contributed by atoms with E-state index < -0.39 is 0 Å². The fourth-order valence-electron chi connectivity index (χ4n) is 2.52. The summed E-state index contributed by atoms with van der Waals surface area (Å²) in [6.07, 6.45) is 3.36. The van der Waals surface area contributed by atoms with E-state index >= 15 is 0 Å². The van der Waals surface area contributed by atoms with Gasteiger partial charge < -0.3 is 15.2 Å². The molecule has 0 bridgehead atoms. The lowest BCUT2D eigenvalue weighted by Crippen LogP contribution is -2.31. The van der Waals surface area contributed by atoms with E-state index in [1.807, 2.05) is 26.0 Å². The molecular weight excluding hydrogens is 266 g/mol. The van der Waals surface area contributed by atoms with Gasteiger partial charge in [0.1, 0.15) is 5.75 Å². The van der Waals surface area contributed by atoms with Crippen molar-refractivity contribution in [3.63, 3.8) is 0 Å². The normalized spacial score (nSPS) is 15.6. The molecule has 4 nitrogen and oxygen atoms in total. The molecule has 4 heteroatoms. The van der Waals surface area contributed by atoms with Crippen LogP contribution in [0, 0.1) is 19.3 Å². The first-order chi connectivity index (χ1) is 10.0. The fraction of sp³-hybridized carbons (Fsp3) is 0.588. The molecule has 1 aliphatic rings. The van der Waals surface area contributed by atoms with Crippen LogP contribution in [0.15, 0.2) is 18.2 Å². The van der Waals surface area contributed by atoms with Gasteiger partial charge in [-0.25, -0.2) is 0 Å².